The van der Waals surface area contributed by atoms with Crippen molar-refractivity contribution in [3.05, 3.63) is 35.4 Å². The molecule has 0 N–H and O–H groups in total. The third-order valence-electron chi connectivity index (χ3n) is 1.53. The Morgan fingerprint density at radius 1 is 1.31 bits per heavy atom. The molecule has 0 fully saturated rings. The molecule has 13 heavy (non-hydrogen) atoms. The first-order valence-corrected chi connectivity index (χ1v) is 3.96. The molecule has 0 unspecified atom stereocenters. The first-order valence-electron chi connectivity index (χ1n) is 3.55. The maximum Gasteiger partial charge on any atom is 0.416 e. The van der Waals surface area contributed by atoms with Gasteiger partial charge in [0.2, 0.25) is 0 Å². The van der Waals surface area contributed by atoms with E-state index in [4.69, 9.17) is 0 Å². The molecule has 0 saturated carbocycles. The van der Waals surface area contributed by atoms with Gasteiger partial charge < -0.3 is 0 Å². The predicted molar refractivity (Wildman–Crippen MR) is 47.7 cm³/mol. The average molecular weight is 203 g/mol. The zero-order chi connectivity index (χ0) is 9.90. The molecule has 0 nitrogen and oxygen atoms in total. The minimum Gasteiger partial charge on any atom is -0.166 e. The minimum absolute atomic E-state index is 0.263. The van der Waals surface area contributed by atoms with Gasteiger partial charge in [0.05, 0.1) is 5.56 Å². The van der Waals surface area contributed by atoms with Gasteiger partial charge in [-0.05, 0) is 11.6 Å². The molecule has 0 bridgehead atoms. The van der Waals surface area contributed by atoms with Gasteiger partial charge in [0, 0.05) is 11.8 Å². The quantitative estimate of drug-likeness (QED) is 0.665. The first-order chi connectivity index (χ1) is 6.04. The standard InChI is InChI=1S/C9H6F3S/c10-9(11,12)8-3-1-2-7(6-8)4-5-13/h1-3,6H,4H2. The number of thiocarbonyl (C=S) groups is 1. The fourth-order valence-corrected chi connectivity index (χ4v) is 1.11. The Kier molecular flexibility index (Phi) is 3.03. The maximum absolute atomic E-state index is 12.2. The molecule has 0 aliphatic carbocycles. The van der Waals surface area contributed by atoms with E-state index in [1.807, 2.05) is 0 Å². The lowest BCUT2D eigenvalue weighted by molar-refractivity contribution is -0.137. The molecule has 0 heterocycles. The SMILES string of the molecule is FC(F)(F)c1cccc(C[C]=S)c1. The second kappa shape index (κ2) is 3.87. The predicted octanol–water partition coefficient (Wildman–Crippen LogP) is 3.12. The molecule has 0 amide bonds. The summed E-state index contributed by atoms with van der Waals surface area (Å²) in [5, 5.41) is 2.38. The molecule has 0 saturated heterocycles. The molecule has 0 spiro atoms. The van der Waals surface area contributed by atoms with E-state index < -0.39 is 11.7 Å². The van der Waals surface area contributed by atoms with Gasteiger partial charge in [-0.2, -0.15) is 13.2 Å². The van der Waals surface area contributed by atoms with Crippen LogP contribution in [0.2, 0.25) is 0 Å². The summed E-state index contributed by atoms with van der Waals surface area (Å²) in [6.07, 6.45) is -4.02. The number of alkyl halides is 3. The maximum atomic E-state index is 12.2. The number of hydrogen-bond donors (Lipinski definition) is 0. The van der Waals surface area contributed by atoms with Crippen LogP contribution in [0.25, 0.3) is 0 Å². The van der Waals surface area contributed by atoms with E-state index in [-0.39, 0.29) is 6.42 Å². The molecule has 1 aromatic rings. The van der Waals surface area contributed by atoms with Crippen molar-refractivity contribution in [2.24, 2.45) is 0 Å². The minimum atomic E-state index is -4.28. The van der Waals surface area contributed by atoms with Gasteiger partial charge in [-0.3, -0.25) is 0 Å². The highest BCUT2D eigenvalue weighted by molar-refractivity contribution is 7.78. The van der Waals surface area contributed by atoms with Crippen molar-refractivity contribution in [3.8, 4) is 0 Å². The van der Waals surface area contributed by atoms with Crippen molar-refractivity contribution in [2.45, 2.75) is 12.6 Å². The van der Waals surface area contributed by atoms with Crippen LogP contribution in [0, 0.1) is 0 Å². The molecule has 0 aliphatic rings. The molecule has 1 rings (SSSR count). The van der Waals surface area contributed by atoms with Gasteiger partial charge in [0.1, 0.15) is 0 Å². The highest BCUT2D eigenvalue weighted by Gasteiger charge is 2.30. The Labute approximate surface area is 79.4 Å². The van der Waals surface area contributed by atoms with Crippen molar-refractivity contribution >= 4 is 17.6 Å². The Bertz CT molecular complexity index is 304. The summed E-state index contributed by atoms with van der Waals surface area (Å²) >= 11 is 4.44. The van der Waals surface area contributed by atoms with Crippen molar-refractivity contribution in [1.29, 1.82) is 0 Å². The second-order valence-corrected chi connectivity index (χ2v) is 2.81. The summed E-state index contributed by atoms with van der Waals surface area (Å²) in [5.41, 5.74) is -0.111. The fraction of sp³-hybridized carbons (Fsp3) is 0.222. The molecular weight excluding hydrogens is 197 g/mol. The zero-order valence-corrected chi connectivity index (χ0v) is 7.38. The van der Waals surface area contributed by atoms with Crippen LogP contribution in [0.4, 0.5) is 13.2 Å². The number of rotatable bonds is 2. The Morgan fingerprint density at radius 3 is 2.54 bits per heavy atom. The summed E-state index contributed by atoms with van der Waals surface area (Å²) in [5.74, 6) is 0. The van der Waals surface area contributed by atoms with Crippen molar-refractivity contribution in [2.75, 3.05) is 0 Å². The fourth-order valence-electron chi connectivity index (χ4n) is 0.941. The summed E-state index contributed by atoms with van der Waals surface area (Å²) in [6.45, 7) is 0. The van der Waals surface area contributed by atoms with Crippen LogP contribution in [0.5, 0.6) is 0 Å². The largest absolute Gasteiger partial charge is 0.416 e. The number of benzene rings is 1. The Hall–Kier alpha value is -0.900. The summed E-state index contributed by atoms with van der Waals surface area (Å²) in [7, 11) is 0. The molecular formula is C9H6F3S. The van der Waals surface area contributed by atoms with Gasteiger partial charge in [-0.1, -0.05) is 30.4 Å². The molecule has 0 atom stereocenters. The molecule has 1 radical (unpaired) electrons. The van der Waals surface area contributed by atoms with E-state index in [2.05, 4.69) is 17.6 Å². The van der Waals surface area contributed by atoms with Crippen LogP contribution in [-0.4, -0.2) is 5.37 Å². The van der Waals surface area contributed by atoms with Crippen LogP contribution < -0.4 is 0 Å². The van der Waals surface area contributed by atoms with Gasteiger partial charge in [0.25, 0.3) is 0 Å². The Balaban J connectivity index is 2.98. The van der Waals surface area contributed by atoms with Crippen molar-refractivity contribution in [3.63, 3.8) is 0 Å². The van der Waals surface area contributed by atoms with Crippen molar-refractivity contribution < 1.29 is 13.2 Å². The van der Waals surface area contributed by atoms with Crippen LogP contribution in [0.15, 0.2) is 24.3 Å². The van der Waals surface area contributed by atoms with Crippen LogP contribution >= 0.6 is 12.2 Å². The highest BCUT2D eigenvalue weighted by atomic mass is 32.1. The van der Waals surface area contributed by atoms with E-state index in [1.54, 1.807) is 6.07 Å². The van der Waals surface area contributed by atoms with Crippen molar-refractivity contribution in [1.82, 2.24) is 0 Å². The summed E-state index contributed by atoms with van der Waals surface area (Å²) in [4.78, 5) is 0. The summed E-state index contributed by atoms with van der Waals surface area (Å²) < 4.78 is 36.5. The van der Waals surface area contributed by atoms with E-state index in [1.165, 1.54) is 6.07 Å². The first kappa shape index (κ1) is 10.2. The van der Waals surface area contributed by atoms with E-state index in [0.717, 1.165) is 12.1 Å². The van der Waals surface area contributed by atoms with E-state index in [9.17, 15) is 13.2 Å². The third kappa shape index (κ3) is 2.81. The van der Waals surface area contributed by atoms with Crippen LogP contribution in [0.3, 0.4) is 0 Å². The third-order valence-corrected chi connectivity index (χ3v) is 1.67. The van der Waals surface area contributed by atoms with Crippen LogP contribution in [-0.2, 0) is 12.6 Å². The lowest BCUT2D eigenvalue weighted by Crippen LogP contribution is -2.05. The number of halogens is 3. The van der Waals surface area contributed by atoms with Gasteiger partial charge in [0.15, 0.2) is 0 Å². The van der Waals surface area contributed by atoms with E-state index in [0.29, 0.717) is 5.56 Å². The molecule has 1 aromatic carbocycles. The second-order valence-electron chi connectivity index (χ2n) is 2.52. The van der Waals surface area contributed by atoms with Gasteiger partial charge >= 0.3 is 6.18 Å². The lowest BCUT2D eigenvalue weighted by atomic mass is 10.1. The Morgan fingerprint density at radius 2 is 2.00 bits per heavy atom. The normalized spacial score (nSPS) is 11.3. The lowest BCUT2D eigenvalue weighted by Gasteiger charge is -2.06. The van der Waals surface area contributed by atoms with Gasteiger partial charge in [-0.15, -0.1) is 0 Å². The monoisotopic (exact) mass is 203 g/mol. The zero-order valence-electron chi connectivity index (χ0n) is 6.56. The van der Waals surface area contributed by atoms with Gasteiger partial charge in [-0.25, -0.2) is 0 Å². The topological polar surface area (TPSA) is 0 Å². The number of hydrogen-bond acceptors (Lipinski definition) is 1. The molecule has 0 aliphatic heterocycles. The smallest absolute Gasteiger partial charge is 0.166 e. The van der Waals surface area contributed by atoms with Crippen LogP contribution in [0.1, 0.15) is 11.1 Å². The molecule has 0 aromatic heterocycles. The summed E-state index contributed by atoms with van der Waals surface area (Å²) in [6, 6.07) is 5.07. The highest BCUT2D eigenvalue weighted by Crippen LogP contribution is 2.29. The molecule has 4 heteroatoms. The van der Waals surface area contributed by atoms with E-state index >= 15 is 0 Å². The molecule has 69 valence electrons. The average Bonchev–Trinajstić information content (AvgIpc) is 2.04.